The molecule has 150 valence electrons. The first-order valence-corrected chi connectivity index (χ1v) is 11.6. The minimum absolute atomic E-state index is 0.0933. The zero-order valence-corrected chi connectivity index (χ0v) is 18.1. The molecule has 2 aromatic carbocycles. The van der Waals surface area contributed by atoms with Crippen molar-refractivity contribution in [2.45, 2.75) is 83.5 Å². The van der Waals surface area contributed by atoms with Crippen molar-refractivity contribution in [2.24, 2.45) is 5.92 Å². The zero-order valence-electron chi connectivity index (χ0n) is 18.1. The van der Waals surface area contributed by atoms with Crippen LogP contribution in [-0.4, -0.2) is 0 Å². The number of unbranched alkanes of at least 4 members (excludes halogenated alkanes) is 7. The van der Waals surface area contributed by atoms with E-state index in [0.29, 0.717) is 5.92 Å². The van der Waals surface area contributed by atoms with Gasteiger partial charge < -0.3 is 0 Å². The molecule has 2 aromatic rings. The predicted molar refractivity (Wildman–Crippen MR) is 124 cm³/mol. The van der Waals surface area contributed by atoms with Gasteiger partial charge >= 0.3 is 0 Å². The normalized spacial score (nSPS) is 15.1. The first-order valence-electron chi connectivity index (χ1n) is 11.6. The fourth-order valence-electron chi connectivity index (χ4n) is 5.37. The van der Waals surface area contributed by atoms with E-state index in [-0.39, 0.29) is 5.41 Å². The van der Waals surface area contributed by atoms with Gasteiger partial charge in [-0.25, -0.2) is 0 Å². The molecule has 1 unspecified atom stereocenters. The Balaban J connectivity index is 1.71. The molecule has 0 heterocycles. The fourth-order valence-corrected chi connectivity index (χ4v) is 5.37. The lowest BCUT2D eigenvalue weighted by atomic mass is 9.65. The van der Waals surface area contributed by atoms with Crippen molar-refractivity contribution >= 4 is 0 Å². The second-order valence-electron chi connectivity index (χ2n) is 8.72. The zero-order chi connectivity index (χ0) is 19.8. The van der Waals surface area contributed by atoms with Crippen LogP contribution < -0.4 is 0 Å². The molecular formula is C28H38. The molecule has 3 rings (SSSR count). The van der Waals surface area contributed by atoms with E-state index in [9.17, 15) is 0 Å². The summed E-state index contributed by atoms with van der Waals surface area (Å²) in [7, 11) is 0. The molecule has 0 amide bonds. The highest BCUT2D eigenvalue weighted by atomic mass is 14.5. The predicted octanol–water partition coefficient (Wildman–Crippen LogP) is 8.70. The van der Waals surface area contributed by atoms with E-state index in [4.69, 9.17) is 0 Å². The van der Waals surface area contributed by atoms with Gasteiger partial charge in [0, 0.05) is 5.41 Å². The highest BCUT2D eigenvalue weighted by molar-refractivity contribution is 5.81. The largest absolute Gasteiger partial charge is 0.103 e. The minimum Gasteiger partial charge on any atom is -0.103 e. The Bertz CT molecular complexity index is 709. The standard InChI is InChI=1S/C28H38/c1-4-6-7-8-9-10-11-12-17-23(3)28(22-5-2)26-20-15-13-18-24(26)25-19-14-16-21-27(25)28/h5,13-16,18-21,23H,2,4,6-12,17,22H2,1,3H3. The lowest BCUT2D eigenvalue weighted by Crippen LogP contribution is -2.32. The van der Waals surface area contributed by atoms with Gasteiger partial charge in [-0.05, 0) is 41.0 Å². The molecule has 1 aliphatic rings. The van der Waals surface area contributed by atoms with E-state index in [1.165, 1.54) is 80.0 Å². The van der Waals surface area contributed by atoms with Gasteiger partial charge in [0.05, 0.1) is 0 Å². The summed E-state index contributed by atoms with van der Waals surface area (Å²) >= 11 is 0. The molecule has 1 aliphatic carbocycles. The lowest BCUT2D eigenvalue weighted by molar-refractivity contribution is 0.322. The average Bonchev–Trinajstić information content (AvgIpc) is 3.01. The van der Waals surface area contributed by atoms with Gasteiger partial charge in [0.2, 0.25) is 0 Å². The highest BCUT2D eigenvalue weighted by Gasteiger charge is 2.45. The maximum Gasteiger partial charge on any atom is 0.0274 e. The number of benzene rings is 2. The van der Waals surface area contributed by atoms with Gasteiger partial charge in [0.25, 0.3) is 0 Å². The molecule has 0 aliphatic heterocycles. The summed E-state index contributed by atoms with van der Waals surface area (Å²) in [5.41, 5.74) is 5.99. The highest BCUT2D eigenvalue weighted by Crippen LogP contribution is 2.55. The van der Waals surface area contributed by atoms with Crippen LogP contribution in [0.25, 0.3) is 11.1 Å². The smallest absolute Gasteiger partial charge is 0.0274 e. The van der Waals surface area contributed by atoms with Crippen LogP contribution in [0.1, 0.15) is 89.2 Å². The first-order chi connectivity index (χ1) is 13.8. The van der Waals surface area contributed by atoms with E-state index in [1.54, 1.807) is 0 Å². The molecule has 1 atom stereocenters. The Hall–Kier alpha value is -1.82. The SMILES string of the molecule is C=CCC1(C(C)CCCCCCCCCC)c2ccccc2-c2ccccc21. The van der Waals surface area contributed by atoms with Crippen molar-refractivity contribution in [3.63, 3.8) is 0 Å². The maximum absolute atomic E-state index is 4.14. The molecule has 0 aromatic heterocycles. The molecule has 0 spiro atoms. The van der Waals surface area contributed by atoms with Crippen molar-refractivity contribution < 1.29 is 0 Å². The summed E-state index contributed by atoms with van der Waals surface area (Å²) in [5, 5.41) is 0. The Morgan fingerprint density at radius 2 is 1.29 bits per heavy atom. The summed E-state index contributed by atoms with van der Waals surface area (Å²) in [6, 6.07) is 18.1. The Morgan fingerprint density at radius 3 is 1.82 bits per heavy atom. The summed E-state index contributed by atoms with van der Waals surface area (Å²) in [5.74, 6) is 0.621. The van der Waals surface area contributed by atoms with Gasteiger partial charge in [-0.15, -0.1) is 6.58 Å². The molecule has 0 saturated carbocycles. The van der Waals surface area contributed by atoms with Crippen LogP contribution in [-0.2, 0) is 5.41 Å². The van der Waals surface area contributed by atoms with Crippen LogP contribution in [0.4, 0.5) is 0 Å². The molecule has 28 heavy (non-hydrogen) atoms. The molecule has 0 N–H and O–H groups in total. The van der Waals surface area contributed by atoms with Crippen molar-refractivity contribution in [2.75, 3.05) is 0 Å². The van der Waals surface area contributed by atoms with Crippen LogP contribution in [0.5, 0.6) is 0 Å². The van der Waals surface area contributed by atoms with E-state index < -0.39 is 0 Å². The molecule has 0 bridgehead atoms. The van der Waals surface area contributed by atoms with Crippen molar-refractivity contribution in [1.29, 1.82) is 0 Å². The maximum atomic E-state index is 4.14. The van der Waals surface area contributed by atoms with Crippen molar-refractivity contribution in [3.8, 4) is 11.1 Å². The molecular weight excluding hydrogens is 336 g/mol. The topological polar surface area (TPSA) is 0 Å². The second kappa shape index (κ2) is 10.1. The number of hydrogen-bond acceptors (Lipinski definition) is 0. The average molecular weight is 375 g/mol. The number of rotatable bonds is 12. The van der Waals surface area contributed by atoms with Crippen LogP contribution in [0, 0.1) is 5.92 Å². The van der Waals surface area contributed by atoms with E-state index >= 15 is 0 Å². The Morgan fingerprint density at radius 1 is 0.786 bits per heavy atom. The van der Waals surface area contributed by atoms with Crippen LogP contribution in [0.15, 0.2) is 61.2 Å². The van der Waals surface area contributed by atoms with Crippen LogP contribution in [0.3, 0.4) is 0 Å². The summed E-state index contributed by atoms with van der Waals surface area (Å²) in [6.07, 6.45) is 15.6. The summed E-state index contributed by atoms with van der Waals surface area (Å²) in [6.45, 7) is 8.91. The van der Waals surface area contributed by atoms with Crippen LogP contribution >= 0.6 is 0 Å². The van der Waals surface area contributed by atoms with Gasteiger partial charge in [-0.2, -0.15) is 0 Å². The van der Waals surface area contributed by atoms with E-state index in [1.807, 2.05) is 0 Å². The first kappa shape index (κ1) is 20.9. The molecule has 0 saturated heterocycles. The molecule has 0 fully saturated rings. The minimum atomic E-state index is 0.0933. The second-order valence-corrected chi connectivity index (χ2v) is 8.72. The van der Waals surface area contributed by atoms with Gasteiger partial charge in [-0.1, -0.05) is 120 Å². The monoisotopic (exact) mass is 374 g/mol. The fraction of sp³-hybridized carbons (Fsp3) is 0.500. The van der Waals surface area contributed by atoms with Gasteiger partial charge in [0.15, 0.2) is 0 Å². The third kappa shape index (κ3) is 4.12. The third-order valence-corrected chi connectivity index (χ3v) is 6.90. The molecule has 0 nitrogen and oxygen atoms in total. The summed E-state index contributed by atoms with van der Waals surface area (Å²) < 4.78 is 0. The van der Waals surface area contributed by atoms with Gasteiger partial charge in [0.1, 0.15) is 0 Å². The van der Waals surface area contributed by atoms with E-state index in [2.05, 4.69) is 75.0 Å². The van der Waals surface area contributed by atoms with Crippen LogP contribution in [0.2, 0.25) is 0 Å². The van der Waals surface area contributed by atoms with Gasteiger partial charge in [-0.3, -0.25) is 0 Å². The lowest BCUT2D eigenvalue weighted by Gasteiger charge is -2.37. The number of fused-ring (bicyclic) bond motifs is 3. The van der Waals surface area contributed by atoms with E-state index in [0.717, 1.165) is 6.42 Å². The molecule has 0 radical (unpaired) electrons. The Labute approximate surface area is 173 Å². The Kier molecular flexibility index (Phi) is 7.54. The summed E-state index contributed by atoms with van der Waals surface area (Å²) in [4.78, 5) is 0. The number of allylic oxidation sites excluding steroid dienone is 1. The quantitative estimate of drug-likeness (QED) is 0.257. The number of hydrogen-bond donors (Lipinski definition) is 0. The molecule has 0 heteroatoms. The third-order valence-electron chi connectivity index (χ3n) is 6.90. The van der Waals surface area contributed by atoms with Crippen molar-refractivity contribution in [3.05, 3.63) is 72.3 Å². The van der Waals surface area contributed by atoms with Crippen molar-refractivity contribution in [1.82, 2.24) is 0 Å².